The Hall–Kier alpha value is -1.34. The molecule has 0 saturated carbocycles. The first-order valence-electron chi connectivity index (χ1n) is 5.45. The van der Waals surface area contributed by atoms with Crippen LogP contribution in [0.4, 0.5) is 17.6 Å². The molecular formula is C12H15ClF4N2O. The maximum absolute atomic E-state index is 13.6. The van der Waals surface area contributed by atoms with Crippen LogP contribution >= 0.6 is 12.4 Å². The highest BCUT2D eigenvalue weighted by atomic mass is 35.5. The summed E-state index contributed by atoms with van der Waals surface area (Å²) in [6, 6.07) is 2.55. The zero-order valence-corrected chi connectivity index (χ0v) is 11.7. The van der Waals surface area contributed by atoms with E-state index in [1.165, 1.54) is 0 Å². The molecule has 0 bridgehead atoms. The molecule has 0 atom stereocenters. The van der Waals surface area contributed by atoms with Crippen LogP contribution in [0, 0.1) is 5.82 Å². The molecule has 3 N–H and O–H groups in total. The van der Waals surface area contributed by atoms with Gasteiger partial charge in [-0.2, -0.15) is 13.2 Å². The number of alkyl halides is 3. The van der Waals surface area contributed by atoms with Crippen LogP contribution in [0.3, 0.4) is 0 Å². The van der Waals surface area contributed by atoms with E-state index in [2.05, 4.69) is 5.32 Å². The van der Waals surface area contributed by atoms with Crippen molar-refractivity contribution in [2.75, 3.05) is 6.54 Å². The van der Waals surface area contributed by atoms with Crippen LogP contribution in [0.1, 0.15) is 29.8 Å². The molecule has 0 unspecified atom stereocenters. The fourth-order valence-corrected chi connectivity index (χ4v) is 1.33. The molecule has 0 aliphatic carbocycles. The second kappa shape index (κ2) is 6.41. The van der Waals surface area contributed by atoms with Crippen molar-refractivity contribution >= 4 is 18.3 Å². The van der Waals surface area contributed by atoms with Crippen molar-refractivity contribution in [1.82, 2.24) is 5.32 Å². The topological polar surface area (TPSA) is 55.1 Å². The smallest absolute Gasteiger partial charge is 0.350 e. The van der Waals surface area contributed by atoms with Gasteiger partial charge < -0.3 is 11.1 Å². The van der Waals surface area contributed by atoms with E-state index in [9.17, 15) is 22.4 Å². The van der Waals surface area contributed by atoms with E-state index >= 15 is 0 Å². The Morgan fingerprint density at radius 2 is 1.85 bits per heavy atom. The number of hydrogen-bond donors (Lipinski definition) is 2. The summed E-state index contributed by atoms with van der Waals surface area (Å²) in [5, 5.41) is 2.29. The molecule has 114 valence electrons. The fourth-order valence-electron chi connectivity index (χ4n) is 1.33. The number of nitrogens with one attached hydrogen (secondary N) is 1. The van der Waals surface area contributed by atoms with E-state index in [4.69, 9.17) is 5.73 Å². The Balaban J connectivity index is 0.00000361. The number of carbonyl (C=O) groups is 1. The molecule has 1 rings (SSSR count). The molecule has 3 nitrogen and oxygen atoms in total. The molecule has 0 spiro atoms. The van der Waals surface area contributed by atoms with Crippen LogP contribution in [-0.4, -0.2) is 18.0 Å². The number of halogens is 5. The van der Waals surface area contributed by atoms with Crippen LogP contribution in [0.15, 0.2) is 18.2 Å². The average Bonchev–Trinajstić information content (AvgIpc) is 2.23. The summed E-state index contributed by atoms with van der Waals surface area (Å²) in [6.45, 7) is 3.26. The molecule has 1 aromatic carbocycles. The lowest BCUT2D eigenvalue weighted by Crippen LogP contribution is -2.45. The van der Waals surface area contributed by atoms with Gasteiger partial charge in [0.25, 0.3) is 5.91 Å². The molecule has 20 heavy (non-hydrogen) atoms. The standard InChI is InChI=1S/C12H14F4N2O.ClH/c1-11(2,17)6-18-10(19)7-4-3-5-8(9(7)13)12(14,15)16;/h3-5H,6,17H2,1-2H3,(H,18,19);1H. The number of carbonyl (C=O) groups excluding carboxylic acids is 1. The highest BCUT2D eigenvalue weighted by Gasteiger charge is 2.35. The Bertz CT molecular complexity index is 483. The van der Waals surface area contributed by atoms with Crippen molar-refractivity contribution in [3.05, 3.63) is 35.1 Å². The van der Waals surface area contributed by atoms with E-state index < -0.39 is 34.6 Å². The Kier molecular flexibility index (Phi) is 5.98. The van der Waals surface area contributed by atoms with Crippen molar-refractivity contribution in [1.29, 1.82) is 0 Å². The quantitative estimate of drug-likeness (QED) is 0.843. The first-order chi connectivity index (χ1) is 8.52. The van der Waals surface area contributed by atoms with Gasteiger partial charge in [-0.05, 0) is 26.0 Å². The average molecular weight is 315 g/mol. The van der Waals surface area contributed by atoms with E-state index in [1.54, 1.807) is 13.8 Å². The summed E-state index contributed by atoms with van der Waals surface area (Å²) >= 11 is 0. The third-order valence-corrected chi connectivity index (χ3v) is 2.25. The Morgan fingerprint density at radius 1 is 1.30 bits per heavy atom. The third kappa shape index (κ3) is 4.97. The lowest BCUT2D eigenvalue weighted by Gasteiger charge is -2.19. The van der Waals surface area contributed by atoms with Crippen molar-refractivity contribution in [2.45, 2.75) is 25.6 Å². The SMILES string of the molecule is CC(C)(N)CNC(=O)c1cccc(C(F)(F)F)c1F.Cl. The van der Waals surface area contributed by atoms with E-state index in [-0.39, 0.29) is 19.0 Å². The summed E-state index contributed by atoms with van der Waals surface area (Å²) in [5.74, 6) is -2.51. The van der Waals surface area contributed by atoms with Gasteiger partial charge >= 0.3 is 6.18 Å². The molecule has 0 fully saturated rings. The summed E-state index contributed by atoms with van der Waals surface area (Å²) in [7, 11) is 0. The first kappa shape index (κ1) is 18.7. The molecule has 0 aromatic heterocycles. The van der Waals surface area contributed by atoms with Crippen LogP contribution in [0.25, 0.3) is 0 Å². The molecule has 0 saturated heterocycles. The largest absolute Gasteiger partial charge is 0.419 e. The van der Waals surface area contributed by atoms with Crippen molar-refractivity contribution < 1.29 is 22.4 Å². The van der Waals surface area contributed by atoms with Gasteiger partial charge in [0.15, 0.2) is 0 Å². The van der Waals surface area contributed by atoms with Crippen molar-refractivity contribution in [3.63, 3.8) is 0 Å². The predicted octanol–water partition coefficient (Wildman–Crippen LogP) is 2.73. The summed E-state index contributed by atoms with van der Waals surface area (Å²) in [4.78, 5) is 11.6. The van der Waals surface area contributed by atoms with E-state index in [0.717, 1.165) is 12.1 Å². The minimum absolute atomic E-state index is 0. The zero-order chi connectivity index (χ0) is 14.8. The number of benzene rings is 1. The molecule has 8 heteroatoms. The Labute approximate surface area is 119 Å². The molecule has 0 heterocycles. The van der Waals surface area contributed by atoms with Crippen LogP contribution < -0.4 is 11.1 Å². The predicted molar refractivity (Wildman–Crippen MR) is 69.2 cm³/mol. The van der Waals surface area contributed by atoms with Gasteiger partial charge in [-0.3, -0.25) is 4.79 Å². The van der Waals surface area contributed by atoms with Gasteiger partial charge in [-0.15, -0.1) is 12.4 Å². The molecule has 0 radical (unpaired) electrons. The van der Waals surface area contributed by atoms with Crippen LogP contribution in [0.5, 0.6) is 0 Å². The van der Waals surface area contributed by atoms with Crippen molar-refractivity contribution in [3.8, 4) is 0 Å². The monoisotopic (exact) mass is 314 g/mol. The maximum Gasteiger partial charge on any atom is 0.419 e. The first-order valence-corrected chi connectivity index (χ1v) is 5.45. The van der Waals surface area contributed by atoms with Crippen LogP contribution in [-0.2, 0) is 6.18 Å². The lowest BCUT2D eigenvalue weighted by atomic mass is 10.1. The number of rotatable bonds is 3. The van der Waals surface area contributed by atoms with Gasteiger partial charge in [0.1, 0.15) is 5.82 Å². The molecular weight excluding hydrogens is 300 g/mol. The van der Waals surface area contributed by atoms with Crippen molar-refractivity contribution in [2.24, 2.45) is 5.73 Å². The minimum atomic E-state index is -4.84. The number of hydrogen-bond acceptors (Lipinski definition) is 2. The number of nitrogens with two attached hydrogens (primary N) is 1. The molecule has 0 aliphatic rings. The fraction of sp³-hybridized carbons (Fsp3) is 0.417. The van der Waals surface area contributed by atoms with Gasteiger partial charge in [0, 0.05) is 12.1 Å². The van der Waals surface area contributed by atoms with Gasteiger partial charge in [0.05, 0.1) is 11.1 Å². The molecule has 0 aliphatic heterocycles. The molecule has 1 amide bonds. The van der Waals surface area contributed by atoms with E-state index in [1.807, 2.05) is 0 Å². The third-order valence-electron chi connectivity index (χ3n) is 2.25. The zero-order valence-electron chi connectivity index (χ0n) is 10.8. The second-order valence-corrected chi connectivity index (χ2v) is 4.84. The summed E-state index contributed by atoms with van der Waals surface area (Å²) in [6.07, 6.45) is -4.84. The van der Waals surface area contributed by atoms with Gasteiger partial charge in [0.2, 0.25) is 0 Å². The van der Waals surface area contributed by atoms with E-state index in [0.29, 0.717) is 6.07 Å². The van der Waals surface area contributed by atoms with Crippen LogP contribution in [0.2, 0.25) is 0 Å². The highest BCUT2D eigenvalue weighted by Crippen LogP contribution is 2.32. The number of amides is 1. The van der Waals surface area contributed by atoms with Gasteiger partial charge in [-0.25, -0.2) is 4.39 Å². The molecule has 1 aromatic rings. The normalized spacial score (nSPS) is 11.8. The minimum Gasteiger partial charge on any atom is -0.350 e. The summed E-state index contributed by atoms with van der Waals surface area (Å²) in [5.41, 5.74) is 2.75. The lowest BCUT2D eigenvalue weighted by molar-refractivity contribution is -0.140. The highest BCUT2D eigenvalue weighted by molar-refractivity contribution is 5.94. The second-order valence-electron chi connectivity index (χ2n) is 4.84. The maximum atomic E-state index is 13.6. The summed E-state index contributed by atoms with van der Waals surface area (Å²) < 4.78 is 51.1. The van der Waals surface area contributed by atoms with Gasteiger partial charge in [-0.1, -0.05) is 6.07 Å². The Morgan fingerprint density at radius 3 is 2.30 bits per heavy atom.